The van der Waals surface area contributed by atoms with Gasteiger partial charge in [-0.2, -0.15) is 0 Å². The molecule has 42 heavy (non-hydrogen) atoms. The molecule has 0 aromatic heterocycles. The van der Waals surface area contributed by atoms with Crippen LogP contribution in [0.15, 0.2) is 23.3 Å². The molecule has 9 nitrogen and oxygen atoms in total. The van der Waals surface area contributed by atoms with Crippen LogP contribution in [0.5, 0.6) is 0 Å². The molecular formula is C33H58N2O7. The number of carbonyl (C=O) groups is 3. The first-order valence-corrected chi connectivity index (χ1v) is 15.4. The third kappa shape index (κ3) is 11.5. The van der Waals surface area contributed by atoms with Gasteiger partial charge in [0.1, 0.15) is 24.1 Å². The van der Waals surface area contributed by atoms with Gasteiger partial charge in [0.15, 0.2) is 0 Å². The Labute approximate surface area is 254 Å². The van der Waals surface area contributed by atoms with Crippen LogP contribution in [0.2, 0.25) is 0 Å². The molecule has 9 heteroatoms. The summed E-state index contributed by atoms with van der Waals surface area (Å²) in [6.07, 6.45) is 9.03. The number of ether oxygens (including phenoxy) is 3. The highest BCUT2D eigenvalue weighted by molar-refractivity contribution is 5.79. The summed E-state index contributed by atoms with van der Waals surface area (Å²) in [6.45, 7) is 18.7. The second-order valence-electron chi connectivity index (χ2n) is 12.6. The first-order chi connectivity index (χ1) is 19.7. The lowest BCUT2D eigenvalue weighted by Crippen LogP contribution is -2.50. The van der Waals surface area contributed by atoms with Gasteiger partial charge in [0, 0.05) is 23.9 Å². The maximum Gasteiger partial charge on any atom is 0.325 e. The molecule has 2 N–H and O–H groups in total. The highest BCUT2D eigenvalue weighted by Gasteiger charge is 2.45. The fourth-order valence-electron chi connectivity index (χ4n) is 6.19. The minimum Gasteiger partial charge on any atom is -0.468 e. The van der Waals surface area contributed by atoms with E-state index in [2.05, 4.69) is 68.6 Å². The van der Waals surface area contributed by atoms with Gasteiger partial charge in [-0.1, -0.05) is 51.0 Å². The van der Waals surface area contributed by atoms with Crippen molar-refractivity contribution in [2.75, 3.05) is 27.4 Å². The molecule has 0 spiro atoms. The Morgan fingerprint density at radius 1 is 1.00 bits per heavy atom. The second-order valence-corrected chi connectivity index (χ2v) is 12.6. The van der Waals surface area contributed by atoms with E-state index < -0.39 is 12.0 Å². The number of nitrogens with zero attached hydrogens (tertiary/aromatic N) is 1. The maximum atomic E-state index is 11.9. The van der Waals surface area contributed by atoms with E-state index in [0.29, 0.717) is 36.1 Å². The van der Waals surface area contributed by atoms with Crippen LogP contribution in [0, 0.1) is 23.7 Å². The molecule has 0 aromatic carbocycles. The molecule has 1 aliphatic heterocycles. The van der Waals surface area contributed by atoms with E-state index in [4.69, 9.17) is 14.6 Å². The van der Waals surface area contributed by atoms with Gasteiger partial charge in [0.25, 0.3) is 0 Å². The molecule has 3 aliphatic rings. The van der Waals surface area contributed by atoms with Crippen molar-refractivity contribution in [3.8, 4) is 0 Å². The molecule has 0 bridgehead atoms. The number of esters is 2. The molecule has 3 rings (SSSR count). The van der Waals surface area contributed by atoms with E-state index in [1.807, 2.05) is 13.8 Å². The van der Waals surface area contributed by atoms with Crippen LogP contribution in [-0.4, -0.2) is 85.6 Å². The van der Waals surface area contributed by atoms with E-state index in [9.17, 15) is 14.4 Å². The van der Waals surface area contributed by atoms with Crippen LogP contribution in [0.4, 0.5) is 0 Å². The molecule has 242 valence electrons. The smallest absolute Gasteiger partial charge is 0.325 e. The largest absolute Gasteiger partial charge is 0.468 e. The van der Waals surface area contributed by atoms with Gasteiger partial charge in [-0.05, 0) is 72.1 Å². The van der Waals surface area contributed by atoms with E-state index >= 15 is 0 Å². The van der Waals surface area contributed by atoms with Crippen LogP contribution in [0.25, 0.3) is 0 Å². The molecule has 0 saturated carbocycles. The second kappa shape index (κ2) is 18.6. The van der Waals surface area contributed by atoms with Gasteiger partial charge < -0.3 is 24.6 Å². The summed E-state index contributed by atoms with van der Waals surface area (Å²) in [5.41, 5.74) is 2.90. The third-order valence-corrected chi connectivity index (χ3v) is 8.37. The number of aliphatic hydroxyl groups is 1. The van der Waals surface area contributed by atoms with Crippen LogP contribution in [0.3, 0.4) is 0 Å². The van der Waals surface area contributed by atoms with Crippen molar-refractivity contribution in [1.29, 1.82) is 0 Å². The predicted octanol–water partition coefficient (Wildman–Crippen LogP) is 4.67. The molecule has 7 unspecified atom stereocenters. The number of methoxy groups -OCH3 is 2. The number of carbonyl (C=O) groups excluding carboxylic acids is 3. The van der Waals surface area contributed by atoms with Crippen LogP contribution < -0.4 is 5.32 Å². The normalized spacial score (nSPS) is 28.4. The number of nitrogens with one attached hydrogen (secondary N) is 1. The maximum absolute atomic E-state index is 11.9. The van der Waals surface area contributed by atoms with Gasteiger partial charge in [-0.25, -0.2) is 0 Å². The SMILES string of the molecule is CC(=O)C1CCC(C)=CC1C.COC(=O)C(CO)NC(C)C.COC(=O)C1COC(C2CCC(C)=CC2C)N1C(C)C. The van der Waals surface area contributed by atoms with Crippen molar-refractivity contribution < 1.29 is 33.7 Å². The summed E-state index contributed by atoms with van der Waals surface area (Å²) in [4.78, 5) is 36.1. The van der Waals surface area contributed by atoms with Crippen molar-refractivity contribution >= 4 is 17.7 Å². The van der Waals surface area contributed by atoms with Crippen molar-refractivity contribution in [2.45, 2.75) is 118 Å². The van der Waals surface area contributed by atoms with Gasteiger partial charge in [0.05, 0.1) is 27.4 Å². The molecule has 1 heterocycles. The highest BCUT2D eigenvalue weighted by Crippen LogP contribution is 2.37. The topological polar surface area (TPSA) is 114 Å². The quantitative estimate of drug-likeness (QED) is 0.306. The Bertz CT molecular complexity index is 929. The zero-order valence-corrected chi connectivity index (χ0v) is 27.9. The Kier molecular flexibility index (Phi) is 16.8. The van der Waals surface area contributed by atoms with Crippen LogP contribution >= 0.6 is 0 Å². The number of hydrogen-bond donors (Lipinski definition) is 2. The Hall–Kier alpha value is -2.07. The first kappa shape index (κ1) is 38.0. The minimum absolute atomic E-state index is 0.0263. The molecule has 0 amide bonds. The van der Waals surface area contributed by atoms with E-state index in [-0.39, 0.29) is 36.9 Å². The lowest BCUT2D eigenvalue weighted by Gasteiger charge is -2.38. The standard InChI is InChI=1S/C16H27NO3.C10H16O.C7H15NO3/c1-10(2)17-14(16(18)19-5)9-20-15(17)13-7-6-11(3)8-12(13)4;1-7-4-5-10(9(3)11)8(2)6-7;1-5(2)8-6(4-9)7(10)11-3/h8,10,12-15H,6-7,9H2,1-5H3;6,8,10H,4-5H2,1-3H3;5-6,8-9H,4H2,1-3H3. The summed E-state index contributed by atoms with van der Waals surface area (Å²) in [5, 5.41) is 11.6. The number of rotatable bonds is 8. The summed E-state index contributed by atoms with van der Waals surface area (Å²) in [5.74, 6) is 1.43. The monoisotopic (exact) mass is 594 g/mol. The van der Waals surface area contributed by atoms with Crippen LogP contribution in [-0.2, 0) is 28.6 Å². The van der Waals surface area contributed by atoms with E-state index in [1.165, 1.54) is 25.4 Å². The molecule has 0 aromatic rings. The zero-order valence-electron chi connectivity index (χ0n) is 27.9. The fourth-order valence-corrected chi connectivity index (χ4v) is 6.19. The average molecular weight is 595 g/mol. The molecule has 1 fully saturated rings. The average Bonchev–Trinajstić information content (AvgIpc) is 3.36. The van der Waals surface area contributed by atoms with Crippen LogP contribution in [0.1, 0.15) is 88.0 Å². The zero-order chi connectivity index (χ0) is 32.1. The predicted molar refractivity (Wildman–Crippen MR) is 166 cm³/mol. The van der Waals surface area contributed by atoms with E-state index in [0.717, 1.165) is 25.7 Å². The summed E-state index contributed by atoms with van der Waals surface area (Å²) in [7, 11) is 2.75. The summed E-state index contributed by atoms with van der Waals surface area (Å²) >= 11 is 0. The van der Waals surface area contributed by atoms with Crippen molar-refractivity contribution in [3.05, 3.63) is 23.3 Å². The molecular weight excluding hydrogens is 536 g/mol. The summed E-state index contributed by atoms with van der Waals surface area (Å²) < 4.78 is 15.4. The Balaban J connectivity index is 0.000000343. The Morgan fingerprint density at radius 2 is 1.57 bits per heavy atom. The Morgan fingerprint density at radius 3 is 2.00 bits per heavy atom. The van der Waals surface area contributed by atoms with Gasteiger partial charge >= 0.3 is 11.9 Å². The number of Topliss-reactive ketones (excluding diaryl/α,β-unsaturated/α-hetero) is 1. The third-order valence-electron chi connectivity index (χ3n) is 8.37. The molecule has 2 aliphatic carbocycles. The number of aliphatic hydroxyl groups excluding tert-OH is 1. The van der Waals surface area contributed by atoms with Gasteiger partial charge in [-0.3, -0.25) is 19.3 Å². The van der Waals surface area contributed by atoms with Gasteiger partial charge in [0.2, 0.25) is 0 Å². The van der Waals surface area contributed by atoms with Crippen molar-refractivity contribution in [3.63, 3.8) is 0 Å². The molecule has 7 atom stereocenters. The van der Waals surface area contributed by atoms with Gasteiger partial charge in [-0.15, -0.1) is 0 Å². The summed E-state index contributed by atoms with van der Waals surface area (Å²) in [6, 6.07) is -0.429. The lowest BCUT2D eigenvalue weighted by atomic mass is 9.80. The molecule has 1 saturated heterocycles. The van der Waals surface area contributed by atoms with E-state index in [1.54, 1.807) is 6.92 Å². The lowest BCUT2D eigenvalue weighted by molar-refractivity contribution is -0.147. The van der Waals surface area contributed by atoms with Crippen molar-refractivity contribution in [1.82, 2.24) is 10.2 Å². The first-order valence-electron chi connectivity index (χ1n) is 15.4. The molecule has 0 radical (unpaired) electrons. The fraction of sp³-hybridized carbons (Fsp3) is 0.788. The number of ketones is 1. The van der Waals surface area contributed by atoms with Crippen molar-refractivity contribution in [2.24, 2.45) is 23.7 Å². The number of allylic oxidation sites excluding steroid dienone is 4. The minimum atomic E-state index is -0.597. The highest BCUT2D eigenvalue weighted by atomic mass is 16.5. The number of hydrogen-bond acceptors (Lipinski definition) is 9.